The Bertz CT molecular complexity index is 560. The minimum atomic E-state index is 0. The van der Waals surface area contributed by atoms with Gasteiger partial charge in [0.2, 0.25) is 5.89 Å². The zero-order chi connectivity index (χ0) is 18.4. The van der Waals surface area contributed by atoms with E-state index in [1.807, 2.05) is 0 Å². The van der Waals surface area contributed by atoms with Crippen LogP contribution in [0.2, 0.25) is 0 Å². The molecule has 26 heavy (non-hydrogen) atoms. The quantitative estimate of drug-likeness (QED) is 0.357. The highest BCUT2D eigenvalue weighted by Gasteiger charge is 2.31. The van der Waals surface area contributed by atoms with Crippen molar-refractivity contribution < 1.29 is 4.52 Å². The van der Waals surface area contributed by atoms with Crippen molar-refractivity contribution in [2.24, 2.45) is 10.9 Å². The van der Waals surface area contributed by atoms with Gasteiger partial charge < -0.3 is 15.2 Å². The average Bonchev–Trinajstić information content (AvgIpc) is 3.15. The van der Waals surface area contributed by atoms with E-state index in [1.165, 1.54) is 0 Å². The van der Waals surface area contributed by atoms with Gasteiger partial charge in [0.25, 0.3) is 0 Å². The van der Waals surface area contributed by atoms with Crippen molar-refractivity contribution in [2.45, 2.75) is 66.0 Å². The van der Waals surface area contributed by atoms with Crippen LogP contribution in [-0.2, 0) is 6.42 Å². The first-order valence-electron chi connectivity index (χ1n) is 9.52. The van der Waals surface area contributed by atoms with Gasteiger partial charge in [-0.05, 0) is 26.7 Å². The third-order valence-electron chi connectivity index (χ3n) is 4.63. The van der Waals surface area contributed by atoms with Crippen molar-refractivity contribution in [1.82, 2.24) is 25.7 Å². The van der Waals surface area contributed by atoms with Gasteiger partial charge in [-0.1, -0.05) is 25.9 Å². The Morgan fingerprint density at radius 3 is 2.58 bits per heavy atom. The molecule has 0 bridgehead atoms. The summed E-state index contributed by atoms with van der Waals surface area (Å²) in [5, 5.41) is 10.9. The number of nitrogens with zero attached hydrogens (tertiary/aromatic N) is 4. The number of aromatic nitrogens is 2. The van der Waals surface area contributed by atoms with Crippen LogP contribution in [0.1, 0.15) is 59.2 Å². The molecule has 0 radical (unpaired) electrons. The SMILES string of the molecule is CCNC(=NCCc1nc(C(C)C)no1)NC1CN(C(C)C)CC1C.I. The van der Waals surface area contributed by atoms with Crippen molar-refractivity contribution in [3.8, 4) is 0 Å². The van der Waals surface area contributed by atoms with Gasteiger partial charge in [-0.15, -0.1) is 24.0 Å². The number of nitrogens with one attached hydrogen (secondary N) is 2. The largest absolute Gasteiger partial charge is 0.357 e. The average molecular weight is 478 g/mol. The standard InChI is InChI=1S/C18H34N6O.HI/c1-7-19-18(21-15-11-24(13(4)5)10-14(15)6)20-9-8-16-22-17(12(2)3)23-25-16;/h12-15H,7-11H2,1-6H3,(H2,19,20,21);1H. The summed E-state index contributed by atoms with van der Waals surface area (Å²) in [4.78, 5) is 11.6. The molecule has 0 aromatic carbocycles. The summed E-state index contributed by atoms with van der Waals surface area (Å²) in [6.07, 6.45) is 0.661. The molecule has 8 heteroatoms. The highest BCUT2D eigenvalue weighted by Crippen LogP contribution is 2.18. The molecule has 1 saturated heterocycles. The molecular formula is C18H35IN6O. The molecule has 0 spiro atoms. The number of rotatable bonds is 7. The van der Waals surface area contributed by atoms with Crippen LogP contribution in [0, 0.1) is 5.92 Å². The lowest BCUT2D eigenvalue weighted by Gasteiger charge is -2.21. The van der Waals surface area contributed by atoms with Gasteiger partial charge in [0.15, 0.2) is 11.8 Å². The Morgan fingerprint density at radius 2 is 2.04 bits per heavy atom. The molecule has 1 fully saturated rings. The molecule has 0 amide bonds. The van der Waals surface area contributed by atoms with Crippen molar-refractivity contribution in [3.63, 3.8) is 0 Å². The topological polar surface area (TPSA) is 78.6 Å². The van der Waals surface area contributed by atoms with E-state index in [-0.39, 0.29) is 29.9 Å². The minimum Gasteiger partial charge on any atom is -0.357 e. The van der Waals surface area contributed by atoms with E-state index >= 15 is 0 Å². The number of guanidine groups is 1. The summed E-state index contributed by atoms with van der Waals surface area (Å²) in [5.74, 6) is 3.18. The lowest BCUT2D eigenvalue weighted by molar-refractivity contribution is 0.265. The molecule has 1 aliphatic heterocycles. The minimum absolute atomic E-state index is 0. The zero-order valence-corrected chi connectivity index (χ0v) is 19.3. The Kier molecular flexibility index (Phi) is 9.84. The maximum atomic E-state index is 5.28. The van der Waals surface area contributed by atoms with Crippen molar-refractivity contribution >= 4 is 29.9 Å². The molecular weight excluding hydrogens is 443 g/mol. The van der Waals surface area contributed by atoms with E-state index in [2.05, 4.69) is 72.2 Å². The Morgan fingerprint density at radius 1 is 1.31 bits per heavy atom. The van der Waals surface area contributed by atoms with E-state index in [9.17, 15) is 0 Å². The Labute approximate surface area is 174 Å². The third kappa shape index (κ3) is 6.68. The molecule has 2 rings (SSSR count). The van der Waals surface area contributed by atoms with E-state index in [4.69, 9.17) is 4.52 Å². The van der Waals surface area contributed by atoms with Crippen LogP contribution in [0.3, 0.4) is 0 Å². The smallest absolute Gasteiger partial charge is 0.228 e. The monoisotopic (exact) mass is 478 g/mol. The van der Waals surface area contributed by atoms with Gasteiger partial charge in [-0.25, -0.2) is 0 Å². The maximum absolute atomic E-state index is 5.28. The summed E-state index contributed by atoms with van der Waals surface area (Å²) in [7, 11) is 0. The molecule has 2 atom stereocenters. The van der Waals surface area contributed by atoms with Crippen LogP contribution >= 0.6 is 24.0 Å². The van der Waals surface area contributed by atoms with Crippen molar-refractivity contribution in [2.75, 3.05) is 26.2 Å². The second kappa shape index (κ2) is 11.1. The molecule has 7 nitrogen and oxygen atoms in total. The lowest BCUT2D eigenvalue weighted by Crippen LogP contribution is -2.47. The highest BCUT2D eigenvalue weighted by atomic mass is 127. The summed E-state index contributed by atoms with van der Waals surface area (Å²) in [6, 6.07) is 1.01. The second-order valence-corrected chi connectivity index (χ2v) is 7.49. The lowest BCUT2D eigenvalue weighted by atomic mass is 10.1. The number of hydrogen-bond acceptors (Lipinski definition) is 5. The van der Waals surface area contributed by atoms with Crippen LogP contribution in [0.15, 0.2) is 9.52 Å². The molecule has 0 aliphatic carbocycles. The first kappa shape index (κ1) is 23.1. The van der Waals surface area contributed by atoms with Crippen molar-refractivity contribution in [1.29, 1.82) is 0 Å². The molecule has 2 N–H and O–H groups in total. The van der Waals surface area contributed by atoms with E-state index < -0.39 is 0 Å². The van der Waals surface area contributed by atoms with Gasteiger partial charge >= 0.3 is 0 Å². The van der Waals surface area contributed by atoms with Crippen LogP contribution in [0.4, 0.5) is 0 Å². The molecule has 1 aliphatic rings. The number of halogens is 1. The highest BCUT2D eigenvalue weighted by molar-refractivity contribution is 14.0. The number of likely N-dealkylation sites (tertiary alicyclic amines) is 1. The number of hydrogen-bond donors (Lipinski definition) is 2. The van der Waals surface area contributed by atoms with Crippen LogP contribution in [0.5, 0.6) is 0 Å². The summed E-state index contributed by atoms with van der Waals surface area (Å²) < 4.78 is 5.28. The normalized spacial score (nSPS) is 21.3. The fraction of sp³-hybridized carbons (Fsp3) is 0.833. The summed E-state index contributed by atoms with van der Waals surface area (Å²) >= 11 is 0. The first-order valence-corrected chi connectivity index (χ1v) is 9.52. The van der Waals surface area contributed by atoms with Crippen molar-refractivity contribution in [3.05, 3.63) is 11.7 Å². The fourth-order valence-electron chi connectivity index (χ4n) is 2.98. The molecule has 2 heterocycles. The van der Waals surface area contributed by atoms with E-state index in [0.29, 0.717) is 36.9 Å². The summed E-state index contributed by atoms with van der Waals surface area (Å²) in [5.41, 5.74) is 0. The zero-order valence-electron chi connectivity index (χ0n) is 17.0. The Hall–Kier alpha value is -0.900. The van der Waals surface area contributed by atoms with E-state index in [0.717, 1.165) is 31.4 Å². The van der Waals surface area contributed by atoms with Gasteiger partial charge in [-0.3, -0.25) is 9.89 Å². The van der Waals surface area contributed by atoms with E-state index in [1.54, 1.807) is 0 Å². The molecule has 1 aromatic rings. The fourth-order valence-corrected chi connectivity index (χ4v) is 2.98. The predicted molar refractivity (Wildman–Crippen MR) is 116 cm³/mol. The van der Waals surface area contributed by atoms with Gasteiger partial charge in [-0.2, -0.15) is 4.98 Å². The Balaban J connectivity index is 0.00000338. The van der Waals surface area contributed by atoms with Gasteiger partial charge in [0.05, 0.1) is 6.54 Å². The van der Waals surface area contributed by atoms with Crippen LogP contribution < -0.4 is 10.6 Å². The van der Waals surface area contributed by atoms with Crippen LogP contribution in [-0.4, -0.2) is 59.3 Å². The third-order valence-corrected chi connectivity index (χ3v) is 4.63. The molecule has 2 unspecified atom stereocenters. The first-order chi connectivity index (χ1) is 11.9. The predicted octanol–water partition coefficient (Wildman–Crippen LogP) is 2.64. The van der Waals surface area contributed by atoms with Gasteiger partial charge in [0.1, 0.15) is 0 Å². The second-order valence-electron chi connectivity index (χ2n) is 7.49. The molecule has 150 valence electrons. The van der Waals surface area contributed by atoms with Crippen LogP contribution in [0.25, 0.3) is 0 Å². The maximum Gasteiger partial charge on any atom is 0.228 e. The summed E-state index contributed by atoms with van der Waals surface area (Å²) in [6.45, 7) is 16.7. The number of aliphatic imine (C=N–C) groups is 1. The molecule has 1 aromatic heterocycles. The van der Waals surface area contributed by atoms with Gasteiger partial charge in [0, 0.05) is 44.1 Å². The molecule has 0 saturated carbocycles.